The molecule has 4 nitrogen and oxygen atoms in total. The van der Waals surface area contributed by atoms with Gasteiger partial charge in [0.05, 0.1) is 23.1 Å². The number of nitrogens with zero attached hydrogens (tertiary/aromatic N) is 3. The van der Waals surface area contributed by atoms with Crippen molar-refractivity contribution < 1.29 is 5.21 Å². The van der Waals surface area contributed by atoms with Crippen LogP contribution in [0.25, 0.3) is 11.0 Å². The Bertz CT molecular complexity index is 527. The standard InChI is InChI=1S/C10H9N3O/c14-12-8-4-5-13-6-11-9-3-1-2-7(8)10(9)13/h1-3,6,14H,4-5H2/b12-8+. The SMILES string of the molecule is O/N=C1\CCn2cnc3cccc1c32. The molecule has 14 heavy (non-hydrogen) atoms. The quantitative estimate of drug-likeness (QED) is 0.503. The summed E-state index contributed by atoms with van der Waals surface area (Å²) in [5, 5.41) is 12.2. The lowest BCUT2D eigenvalue weighted by Crippen LogP contribution is -2.14. The Balaban J connectivity index is 2.45. The molecule has 0 amide bonds. The third-order valence-electron chi connectivity index (χ3n) is 2.66. The van der Waals surface area contributed by atoms with Crippen molar-refractivity contribution in [3.05, 3.63) is 30.1 Å². The molecule has 0 fully saturated rings. The molecule has 2 heterocycles. The lowest BCUT2D eigenvalue weighted by molar-refractivity contribution is 0.317. The number of benzene rings is 1. The van der Waals surface area contributed by atoms with Crippen molar-refractivity contribution in [2.24, 2.45) is 5.16 Å². The van der Waals surface area contributed by atoms with Crippen LogP contribution in [0.5, 0.6) is 0 Å². The molecule has 0 bridgehead atoms. The molecule has 0 atom stereocenters. The maximum Gasteiger partial charge on any atom is 0.0958 e. The Morgan fingerprint density at radius 1 is 1.43 bits per heavy atom. The summed E-state index contributed by atoms with van der Waals surface area (Å²) in [5.74, 6) is 0. The van der Waals surface area contributed by atoms with Crippen molar-refractivity contribution in [3.63, 3.8) is 0 Å². The fourth-order valence-electron chi connectivity index (χ4n) is 1.99. The molecule has 4 heteroatoms. The van der Waals surface area contributed by atoms with Crippen LogP contribution in [0.3, 0.4) is 0 Å². The minimum atomic E-state index is 0.753. The topological polar surface area (TPSA) is 50.4 Å². The van der Waals surface area contributed by atoms with Gasteiger partial charge in [-0.15, -0.1) is 0 Å². The number of para-hydroxylation sites is 1. The van der Waals surface area contributed by atoms with Crippen LogP contribution in [-0.2, 0) is 6.54 Å². The number of rotatable bonds is 0. The van der Waals surface area contributed by atoms with Crippen molar-refractivity contribution in [1.82, 2.24) is 9.55 Å². The smallest absolute Gasteiger partial charge is 0.0958 e. The van der Waals surface area contributed by atoms with Crippen molar-refractivity contribution in [2.75, 3.05) is 0 Å². The third-order valence-corrected chi connectivity index (χ3v) is 2.66. The highest BCUT2D eigenvalue weighted by Gasteiger charge is 2.17. The summed E-state index contributed by atoms with van der Waals surface area (Å²) < 4.78 is 2.10. The van der Waals surface area contributed by atoms with E-state index in [1.807, 2.05) is 24.5 Å². The Morgan fingerprint density at radius 3 is 3.21 bits per heavy atom. The summed E-state index contributed by atoms with van der Waals surface area (Å²) in [6.45, 7) is 0.840. The zero-order chi connectivity index (χ0) is 9.54. The predicted molar refractivity (Wildman–Crippen MR) is 52.7 cm³/mol. The Kier molecular flexibility index (Phi) is 1.39. The van der Waals surface area contributed by atoms with Gasteiger partial charge in [0.2, 0.25) is 0 Å². The van der Waals surface area contributed by atoms with Gasteiger partial charge >= 0.3 is 0 Å². The normalized spacial score (nSPS) is 17.9. The van der Waals surface area contributed by atoms with E-state index in [9.17, 15) is 0 Å². The van der Waals surface area contributed by atoms with Gasteiger partial charge < -0.3 is 9.77 Å². The minimum absolute atomic E-state index is 0.753. The monoisotopic (exact) mass is 187 g/mol. The second kappa shape index (κ2) is 2.57. The fraction of sp³-hybridized carbons (Fsp3) is 0.200. The van der Waals surface area contributed by atoms with E-state index in [0.29, 0.717) is 0 Å². The second-order valence-corrected chi connectivity index (χ2v) is 3.41. The van der Waals surface area contributed by atoms with Crippen LogP contribution in [0, 0.1) is 0 Å². The molecule has 0 aliphatic carbocycles. The van der Waals surface area contributed by atoms with E-state index in [1.54, 1.807) is 0 Å². The molecule has 0 saturated heterocycles. The maximum atomic E-state index is 8.86. The van der Waals surface area contributed by atoms with Crippen LogP contribution in [0.1, 0.15) is 12.0 Å². The van der Waals surface area contributed by atoms with Crippen molar-refractivity contribution in [3.8, 4) is 0 Å². The van der Waals surface area contributed by atoms with E-state index in [4.69, 9.17) is 5.21 Å². The third kappa shape index (κ3) is 0.824. The summed E-state index contributed by atoms with van der Waals surface area (Å²) in [6, 6.07) is 5.87. The molecule has 1 aliphatic heterocycles. The van der Waals surface area contributed by atoms with E-state index in [0.717, 1.165) is 35.3 Å². The summed E-state index contributed by atoms with van der Waals surface area (Å²) in [4.78, 5) is 4.29. The van der Waals surface area contributed by atoms with Crippen LogP contribution in [0.15, 0.2) is 29.7 Å². The van der Waals surface area contributed by atoms with Crippen molar-refractivity contribution >= 4 is 16.7 Å². The average molecular weight is 187 g/mol. The van der Waals surface area contributed by atoms with Gasteiger partial charge in [0.1, 0.15) is 0 Å². The first-order chi connectivity index (χ1) is 6.90. The average Bonchev–Trinajstić information content (AvgIpc) is 2.65. The highest BCUT2D eigenvalue weighted by molar-refractivity contribution is 6.10. The van der Waals surface area contributed by atoms with Gasteiger partial charge in [-0.3, -0.25) is 0 Å². The van der Waals surface area contributed by atoms with Crippen LogP contribution < -0.4 is 0 Å². The first kappa shape index (κ1) is 7.55. The second-order valence-electron chi connectivity index (χ2n) is 3.41. The van der Waals surface area contributed by atoms with Crippen molar-refractivity contribution in [1.29, 1.82) is 0 Å². The zero-order valence-corrected chi connectivity index (χ0v) is 7.51. The van der Waals surface area contributed by atoms with E-state index in [1.165, 1.54) is 0 Å². The predicted octanol–water partition coefficient (Wildman–Crippen LogP) is 1.62. The fourth-order valence-corrected chi connectivity index (χ4v) is 1.99. The van der Waals surface area contributed by atoms with E-state index in [-0.39, 0.29) is 0 Å². The number of aryl methyl sites for hydroxylation is 1. The number of hydrogen-bond acceptors (Lipinski definition) is 3. The summed E-state index contributed by atoms with van der Waals surface area (Å²) >= 11 is 0. The Morgan fingerprint density at radius 2 is 2.36 bits per heavy atom. The lowest BCUT2D eigenvalue weighted by atomic mass is 10.0. The van der Waals surface area contributed by atoms with Crippen LogP contribution in [-0.4, -0.2) is 20.5 Å². The lowest BCUT2D eigenvalue weighted by Gasteiger charge is -2.15. The number of hydrogen-bond donors (Lipinski definition) is 1. The van der Waals surface area contributed by atoms with Gasteiger partial charge in [0.25, 0.3) is 0 Å². The molecular formula is C10H9N3O. The molecular weight excluding hydrogens is 178 g/mol. The number of oxime groups is 1. The Hall–Kier alpha value is -1.84. The van der Waals surface area contributed by atoms with Gasteiger partial charge in [-0.2, -0.15) is 0 Å². The largest absolute Gasteiger partial charge is 0.411 e. The maximum absolute atomic E-state index is 8.86. The van der Waals surface area contributed by atoms with Crippen molar-refractivity contribution in [2.45, 2.75) is 13.0 Å². The Labute approximate surface area is 80.5 Å². The molecule has 0 radical (unpaired) electrons. The summed E-state index contributed by atoms with van der Waals surface area (Å²) in [7, 11) is 0. The molecule has 1 aromatic carbocycles. The number of imidazole rings is 1. The zero-order valence-electron chi connectivity index (χ0n) is 7.51. The van der Waals surface area contributed by atoms with Gasteiger partial charge in [-0.1, -0.05) is 17.3 Å². The molecule has 0 spiro atoms. The van der Waals surface area contributed by atoms with E-state index in [2.05, 4.69) is 14.7 Å². The first-order valence-corrected chi connectivity index (χ1v) is 4.55. The summed E-state index contributed by atoms with van der Waals surface area (Å²) in [6.07, 6.45) is 2.60. The van der Waals surface area contributed by atoms with Crippen LogP contribution in [0.2, 0.25) is 0 Å². The molecule has 1 aromatic heterocycles. The number of aromatic nitrogens is 2. The van der Waals surface area contributed by atoms with Gasteiger partial charge in [-0.25, -0.2) is 4.98 Å². The van der Waals surface area contributed by atoms with Gasteiger partial charge in [-0.05, 0) is 6.07 Å². The highest BCUT2D eigenvalue weighted by Crippen LogP contribution is 2.24. The molecule has 70 valence electrons. The van der Waals surface area contributed by atoms with E-state index >= 15 is 0 Å². The summed E-state index contributed by atoms with van der Waals surface area (Å²) in [5.41, 5.74) is 3.78. The highest BCUT2D eigenvalue weighted by atomic mass is 16.4. The molecule has 1 aliphatic rings. The van der Waals surface area contributed by atoms with Gasteiger partial charge in [0, 0.05) is 18.5 Å². The molecule has 3 rings (SSSR count). The van der Waals surface area contributed by atoms with Crippen LogP contribution in [0.4, 0.5) is 0 Å². The molecule has 0 saturated carbocycles. The first-order valence-electron chi connectivity index (χ1n) is 4.55. The van der Waals surface area contributed by atoms with Crippen LogP contribution >= 0.6 is 0 Å². The van der Waals surface area contributed by atoms with E-state index < -0.39 is 0 Å². The molecule has 0 unspecified atom stereocenters. The minimum Gasteiger partial charge on any atom is -0.411 e. The van der Waals surface area contributed by atoms with Gasteiger partial charge in [0.15, 0.2) is 0 Å². The molecule has 2 aromatic rings. The molecule has 1 N–H and O–H groups in total.